The molecular formula is C34H51BrN4O. The van der Waals surface area contributed by atoms with Gasteiger partial charge >= 0.3 is 0 Å². The predicted molar refractivity (Wildman–Crippen MR) is 173 cm³/mol. The number of nitrogens with one attached hydrogen (secondary N) is 1. The Bertz CT molecular complexity index is 1060. The van der Waals surface area contributed by atoms with Gasteiger partial charge in [0.25, 0.3) is 0 Å². The Morgan fingerprint density at radius 1 is 1.10 bits per heavy atom. The molecule has 0 aromatic heterocycles. The zero-order valence-electron chi connectivity index (χ0n) is 25.2. The van der Waals surface area contributed by atoms with Crippen molar-refractivity contribution in [3.8, 4) is 0 Å². The number of hydrogen-bond acceptors (Lipinski definition) is 5. The molecule has 4 aliphatic rings. The molecule has 0 aromatic carbocycles. The zero-order chi connectivity index (χ0) is 28.3. The number of nitrogens with zero attached hydrogens (tertiary/aromatic N) is 3. The smallest absolute Gasteiger partial charge is 0.142 e. The quantitative estimate of drug-likeness (QED) is 0.194. The van der Waals surface area contributed by atoms with Crippen molar-refractivity contribution in [3.05, 3.63) is 81.4 Å². The van der Waals surface area contributed by atoms with Crippen LogP contribution in [-0.4, -0.2) is 73.3 Å². The van der Waals surface area contributed by atoms with Crippen LogP contribution in [-0.2, 0) is 4.74 Å². The largest absolute Gasteiger partial charge is 0.480 e. The maximum Gasteiger partial charge on any atom is 0.142 e. The molecule has 4 rings (SSSR count). The van der Waals surface area contributed by atoms with E-state index in [1.807, 2.05) is 6.20 Å². The van der Waals surface area contributed by atoms with E-state index in [9.17, 15) is 0 Å². The minimum atomic E-state index is 0.0453. The summed E-state index contributed by atoms with van der Waals surface area (Å²) in [6, 6.07) is 0.0453. The normalized spacial score (nSPS) is 24.8. The molecule has 1 fully saturated rings. The van der Waals surface area contributed by atoms with Crippen molar-refractivity contribution in [1.82, 2.24) is 20.0 Å². The highest BCUT2D eigenvalue weighted by molar-refractivity contribution is 9.11. The third-order valence-corrected chi connectivity index (χ3v) is 9.54. The third-order valence-electron chi connectivity index (χ3n) is 8.71. The first-order chi connectivity index (χ1) is 19.6. The van der Waals surface area contributed by atoms with Gasteiger partial charge < -0.3 is 15.0 Å². The Hall–Kier alpha value is -2.02. The SMILES string of the molecule is C=CNC1C2=C(C=C(CN3CCN(/C(=C/C=C(/Br)CC)CC)CC3)/C1=C/C)CN(CCC1=CCCCCC1)CO2. The predicted octanol–water partition coefficient (Wildman–Crippen LogP) is 7.40. The van der Waals surface area contributed by atoms with Crippen molar-refractivity contribution in [2.45, 2.75) is 78.2 Å². The van der Waals surface area contributed by atoms with Crippen molar-refractivity contribution in [2.75, 3.05) is 52.5 Å². The summed E-state index contributed by atoms with van der Waals surface area (Å²) < 4.78 is 7.70. The van der Waals surface area contributed by atoms with Crippen LogP contribution in [0.1, 0.15) is 72.1 Å². The summed E-state index contributed by atoms with van der Waals surface area (Å²) in [6.45, 7) is 18.6. The molecule has 0 spiro atoms. The molecule has 0 aromatic rings. The van der Waals surface area contributed by atoms with Crippen LogP contribution in [0.5, 0.6) is 0 Å². The van der Waals surface area contributed by atoms with Crippen LogP contribution in [0.2, 0.25) is 0 Å². The molecule has 0 amide bonds. The Balaban J connectivity index is 1.42. The molecule has 0 radical (unpaired) electrons. The van der Waals surface area contributed by atoms with Crippen LogP contribution in [0.4, 0.5) is 0 Å². The summed E-state index contributed by atoms with van der Waals surface area (Å²) in [4.78, 5) is 7.66. The lowest BCUT2D eigenvalue weighted by molar-refractivity contribution is 0.0497. The average Bonchev–Trinajstić information content (AvgIpc) is 3.26. The van der Waals surface area contributed by atoms with Crippen molar-refractivity contribution in [1.29, 1.82) is 0 Å². The monoisotopic (exact) mass is 610 g/mol. The first kappa shape index (κ1) is 30.9. The van der Waals surface area contributed by atoms with E-state index in [-0.39, 0.29) is 6.04 Å². The summed E-state index contributed by atoms with van der Waals surface area (Å²) in [5, 5.41) is 3.52. The standard InChI is InChI=1S/C34H51BrN4O/c1-5-30(35)15-16-31(6-2)39-21-19-37(20-22-39)24-28-23-29-25-38(18-17-27-13-11-9-10-12-14-27)26-40-34(29)33(36-8-4)32(28)7-3/h7-8,13,15-16,23,33,36H,4-6,9-12,14,17-22,24-26H2,1-3H3/b30-15+,31-16+,32-7-. The Morgan fingerprint density at radius 3 is 2.65 bits per heavy atom. The van der Waals surface area contributed by atoms with Gasteiger partial charge in [0.15, 0.2) is 0 Å². The van der Waals surface area contributed by atoms with E-state index in [2.05, 4.69) is 93.7 Å². The Labute approximate surface area is 252 Å². The summed E-state index contributed by atoms with van der Waals surface area (Å²) in [6.07, 6.45) is 23.4. The highest BCUT2D eigenvalue weighted by Gasteiger charge is 2.33. The molecule has 0 bridgehead atoms. The molecule has 2 heterocycles. The molecule has 1 N–H and O–H groups in total. The van der Waals surface area contributed by atoms with E-state index in [0.717, 1.165) is 64.4 Å². The van der Waals surface area contributed by atoms with Crippen LogP contribution in [0.25, 0.3) is 0 Å². The second kappa shape index (κ2) is 15.8. The minimum absolute atomic E-state index is 0.0453. The topological polar surface area (TPSA) is 31.0 Å². The fourth-order valence-electron chi connectivity index (χ4n) is 6.34. The summed E-state index contributed by atoms with van der Waals surface area (Å²) in [7, 11) is 0. The van der Waals surface area contributed by atoms with Gasteiger partial charge in [-0.1, -0.05) is 66.6 Å². The molecule has 1 unspecified atom stereocenters. The average molecular weight is 612 g/mol. The Kier molecular flexibility index (Phi) is 12.2. The summed E-state index contributed by atoms with van der Waals surface area (Å²) >= 11 is 3.66. The van der Waals surface area contributed by atoms with Crippen LogP contribution >= 0.6 is 15.9 Å². The van der Waals surface area contributed by atoms with Gasteiger partial charge in [0, 0.05) is 57.1 Å². The number of rotatable bonds is 11. The van der Waals surface area contributed by atoms with E-state index in [1.165, 1.54) is 65.4 Å². The highest BCUT2D eigenvalue weighted by Crippen LogP contribution is 2.34. The highest BCUT2D eigenvalue weighted by atomic mass is 79.9. The maximum absolute atomic E-state index is 6.45. The van der Waals surface area contributed by atoms with Crippen molar-refractivity contribution in [3.63, 3.8) is 0 Å². The van der Waals surface area contributed by atoms with Gasteiger partial charge in [-0.2, -0.15) is 0 Å². The van der Waals surface area contributed by atoms with Crippen LogP contribution < -0.4 is 5.32 Å². The van der Waals surface area contributed by atoms with E-state index >= 15 is 0 Å². The second-order valence-electron chi connectivity index (χ2n) is 11.4. The van der Waals surface area contributed by atoms with Gasteiger partial charge in [-0.05, 0) is 85.9 Å². The fourth-order valence-corrected chi connectivity index (χ4v) is 6.47. The molecular weight excluding hydrogens is 560 g/mol. The van der Waals surface area contributed by atoms with Crippen molar-refractivity contribution >= 4 is 15.9 Å². The zero-order valence-corrected chi connectivity index (χ0v) is 26.8. The fraction of sp³-hybridized carbons (Fsp3) is 0.588. The van der Waals surface area contributed by atoms with Crippen LogP contribution in [0, 0.1) is 0 Å². The van der Waals surface area contributed by atoms with Crippen LogP contribution in [0.15, 0.2) is 81.4 Å². The third kappa shape index (κ3) is 8.27. The molecule has 2 aliphatic heterocycles. The maximum atomic E-state index is 6.45. The number of ether oxygens (including phenoxy) is 1. The number of allylic oxidation sites excluding steroid dienone is 6. The van der Waals surface area contributed by atoms with Gasteiger partial charge in [0.05, 0.1) is 0 Å². The van der Waals surface area contributed by atoms with Crippen molar-refractivity contribution in [2.24, 2.45) is 0 Å². The number of hydrogen-bond donors (Lipinski definition) is 1. The van der Waals surface area contributed by atoms with Crippen molar-refractivity contribution < 1.29 is 4.74 Å². The molecule has 1 saturated heterocycles. The molecule has 0 saturated carbocycles. The van der Waals surface area contributed by atoms with E-state index in [4.69, 9.17) is 4.74 Å². The Morgan fingerprint density at radius 2 is 1.93 bits per heavy atom. The first-order valence-corrected chi connectivity index (χ1v) is 16.4. The van der Waals surface area contributed by atoms with Gasteiger partial charge in [-0.25, -0.2) is 0 Å². The minimum Gasteiger partial charge on any atom is -0.480 e. The van der Waals surface area contributed by atoms with Gasteiger partial charge in [-0.3, -0.25) is 9.80 Å². The van der Waals surface area contributed by atoms with E-state index in [0.29, 0.717) is 6.73 Å². The molecule has 2 aliphatic carbocycles. The molecule has 5 nitrogen and oxygen atoms in total. The number of piperazine rings is 1. The second-order valence-corrected chi connectivity index (χ2v) is 12.4. The molecule has 220 valence electrons. The van der Waals surface area contributed by atoms with Gasteiger partial charge in [-0.15, -0.1) is 0 Å². The number of halogens is 1. The van der Waals surface area contributed by atoms with E-state index in [1.54, 1.807) is 5.57 Å². The molecule has 1 atom stereocenters. The van der Waals surface area contributed by atoms with Gasteiger partial charge in [0.2, 0.25) is 0 Å². The van der Waals surface area contributed by atoms with Crippen LogP contribution in [0.3, 0.4) is 0 Å². The molecule has 6 heteroatoms. The summed E-state index contributed by atoms with van der Waals surface area (Å²) in [5.74, 6) is 1.08. The van der Waals surface area contributed by atoms with E-state index < -0.39 is 0 Å². The van der Waals surface area contributed by atoms with Gasteiger partial charge in [0.1, 0.15) is 18.5 Å². The lowest BCUT2D eigenvalue weighted by atomic mass is 9.86. The lowest BCUT2D eigenvalue weighted by Crippen LogP contribution is -2.47. The lowest BCUT2D eigenvalue weighted by Gasteiger charge is -2.40. The summed E-state index contributed by atoms with van der Waals surface area (Å²) in [5.41, 5.74) is 7.13. The molecule has 40 heavy (non-hydrogen) atoms. The first-order valence-electron chi connectivity index (χ1n) is 15.6.